The fourth-order valence-electron chi connectivity index (χ4n) is 3.32. The summed E-state index contributed by atoms with van der Waals surface area (Å²) in [6.07, 6.45) is 0.348. The van der Waals surface area contributed by atoms with Crippen LogP contribution in [-0.2, 0) is 0 Å². The zero-order chi connectivity index (χ0) is 16.7. The zero-order valence-corrected chi connectivity index (χ0v) is 13.5. The third-order valence-corrected chi connectivity index (χ3v) is 4.51. The van der Waals surface area contributed by atoms with Crippen molar-refractivity contribution < 1.29 is 5.11 Å². The Balaban J connectivity index is 2.00. The number of para-hydroxylation sites is 1. The van der Waals surface area contributed by atoms with Gasteiger partial charge in [-0.25, -0.2) is 4.79 Å². The van der Waals surface area contributed by atoms with Crippen LogP contribution in [0.15, 0.2) is 53.3 Å². The van der Waals surface area contributed by atoms with Crippen molar-refractivity contribution in [1.29, 1.82) is 0 Å². The van der Waals surface area contributed by atoms with Crippen LogP contribution in [-0.4, -0.2) is 33.9 Å². The number of aliphatic hydroxyl groups is 1. The molecule has 122 valence electrons. The van der Waals surface area contributed by atoms with E-state index >= 15 is 0 Å². The Kier molecular flexibility index (Phi) is 3.58. The molecule has 0 bridgehead atoms. The first-order chi connectivity index (χ1) is 11.6. The molecule has 24 heavy (non-hydrogen) atoms. The molecule has 0 unspecified atom stereocenters. The molecule has 2 aromatic carbocycles. The Labute approximate surface area is 139 Å². The van der Waals surface area contributed by atoms with Crippen LogP contribution in [0.2, 0.25) is 0 Å². The number of aryl methyl sites for hydroxylation is 1. The van der Waals surface area contributed by atoms with Crippen molar-refractivity contribution in [2.45, 2.75) is 19.4 Å². The number of rotatable bonds is 2. The lowest BCUT2D eigenvalue weighted by molar-refractivity contribution is 0.198. The van der Waals surface area contributed by atoms with Crippen LogP contribution >= 0.6 is 0 Å². The topological polar surface area (TPSA) is 58.4 Å². The molecule has 1 aromatic heterocycles. The van der Waals surface area contributed by atoms with E-state index in [1.807, 2.05) is 60.4 Å². The molecule has 0 saturated carbocycles. The maximum atomic E-state index is 12.8. The van der Waals surface area contributed by atoms with E-state index in [0.29, 0.717) is 25.3 Å². The number of benzene rings is 2. The minimum absolute atomic E-state index is 0.296. The Morgan fingerprint density at radius 1 is 1.17 bits per heavy atom. The second-order valence-corrected chi connectivity index (χ2v) is 6.30. The Bertz CT molecular complexity index is 950. The van der Waals surface area contributed by atoms with E-state index in [2.05, 4.69) is 4.98 Å². The maximum Gasteiger partial charge on any atom is 0.354 e. The summed E-state index contributed by atoms with van der Waals surface area (Å²) in [5, 5.41) is 10.8. The average Bonchev–Trinajstić information content (AvgIpc) is 3.01. The second-order valence-electron chi connectivity index (χ2n) is 6.30. The SMILES string of the molecule is Cc1ccc2c(N3CC[C@@H](O)C3)nc(=O)n(-c3ccccc3)c2c1. The summed E-state index contributed by atoms with van der Waals surface area (Å²) in [6.45, 7) is 3.25. The summed E-state index contributed by atoms with van der Waals surface area (Å²) >= 11 is 0. The van der Waals surface area contributed by atoms with Gasteiger partial charge in [0.15, 0.2) is 0 Å². The molecule has 5 nitrogen and oxygen atoms in total. The van der Waals surface area contributed by atoms with Gasteiger partial charge < -0.3 is 10.0 Å². The summed E-state index contributed by atoms with van der Waals surface area (Å²) in [5.41, 5.74) is 2.44. The number of aliphatic hydroxyl groups excluding tert-OH is 1. The van der Waals surface area contributed by atoms with E-state index in [-0.39, 0.29) is 11.8 Å². The molecule has 1 fully saturated rings. The van der Waals surface area contributed by atoms with Gasteiger partial charge in [0, 0.05) is 18.5 Å². The van der Waals surface area contributed by atoms with Gasteiger partial charge in [0.1, 0.15) is 5.82 Å². The van der Waals surface area contributed by atoms with E-state index in [1.165, 1.54) is 0 Å². The molecule has 4 rings (SSSR count). The van der Waals surface area contributed by atoms with Gasteiger partial charge in [0.25, 0.3) is 0 Å². The van der Waals surface area contributed by atoms with E-state index in [9.17, 15) is 9.90 Å². The molecular weight excluding hydrogens is 302 g/mol. The van der Waals surface area contributed by atoms with Crippen molar-refractivity contribution in [2.75, 3.05) is 18.0 Å². The van der Waals surface area contributed by atoms with Crippen LogP contribution in [0.3, 0.4) is 0 Å². The van der Waals surface area contributed by atoms with Crippen molar-refractivity contribution in [1.82, 2.24) is 9.55 Å². The molecule has 1 aliphatic rings. The van der Waals surface area contributed by atoms with Crippen molar-refractivity contribution in [3.05, 3.63) is 64.6 Å². The highest BCUT2D eigenvalue weighted by Crippen LogP contribution is 2.28. The summed E-state index contributed by atoms with van der Waals surface area (Å²) in [6, 6.07) is 15.6. The molecule has 2 heterocycles. The lowest BCUT2D eigenvalue weighted by atomic mass is 10.1. The first-order valence-corrected chi connectivity index (χ1v) is 8.15. The Hall–Kier alpha value is -2.66. The standard InChI is InChI=1S/C19H19N3O2/c1-13-7-8-16-17(11-13)22(14-5-3-2-4-6-14)19(24)20-18(16)21-10-9-15(23)12-21/h2-8,11,15,23H,9-10,12H2,1H3/t15-/m1/s1. The molecule has 0 amide bonds. The molecule has 1 aliphatic heterocycles. The quantitative estimate of drug-likeness (QED) is 0.786. The number of nitrogens with zero attached hydrogens (tertiary/aromatic N) is 3. The third kappa shape index (κ3) is 2.47. The van der Waals surface area contributed by atoms with Gasteiger partial charge in [-0.3, -0.25) is 4.57 Å². The lowest BCUT2D eigenvalue weighted by Gasteiger charge is -2.20. The number of fused-ring (bicyclic) bond motifs is 1. The second kappa shape index (κ2) is 5.76. The molecule has 1 N–H and O–H groups in total. The minimum Gasteiger partial charge on any atom is -0.391 e. The van der Waals surface area contributed by atoms with Crippen molar-refractivity contribution in [3.63, 3.8) is 0 Å². The highest BCUT2D eigenvalue weighted by atomic mass is 16.3. The van der Waals surface area contributed by atoms with Gasteiger partial charge in [0.2, 0.25) is 0 Å². The van der Waals surface area contributed by atoms with Crippen LogP contribution in [0.4, 0.5) is 5.82 Å². The average molecular weight is 321 g/mol. The van der Waals surface area contributed by atoms with Crippen LogP contribution in [0, 0.1) is 6.92 Å². The molecular formula is C19H19N3O2. The van der Waals surface area contributed by atoms with E-state index in [1.54, 1.807) is 4.57 Å². The first-order valence-electron chi connectivity index (χ1n) is 8.15. The largest absolute Gasteiger partial charge is 0.391 e. The number of aromatic nitrogens is 2. The smallest absolute Gasteiger partial charge is 0.354 e. The number of hydrogen-bond acceptors (Lipinski definition) is 4. The predicted molar refractivity (Wildman–Crippen MR) is 94.9 cm³/mol. The lowest BCUT2D eigenvalue weighted by Crippen LogP contribution is -2.29. The normalized spacial score (nSPS) is 17.6. The zero-order valence-electron chi connectivity index (χ0n) is 13.5. The van der Waals surface area contributed by atoms with E-state index in [4.69, 9.17) is 0 Å². The van der Waals surface area contributed by atoms with Gasteiger partial charge >= 0.3 is 5.69 Å². The minimum atomic E-state index is -0.358. The highest BCUT2D eigenvalue weighted by Gasteiger charge is 2.24. The molecule has 1 saturated heterocycles. The number of hydrogen-bond donors (Lipinski definition) is 1. The first kappa shape index (κ1) is 14.9. The van der Waals surface area contributed by atoms with Gasteiger partial charge in [-0.05, 0) is 43.2 Å². The monoisotopic (exact) mass is 321 g/mol. The summed E-state index contributed by atoms with van der Waals surface area (Å²) in [7, 11) is 0. The summed E-state index contributed by atoms with van der Waals surface area (Å²) in [4.78, 5) is 19.1. The van der Waals surface area contributed by atoms with Crippen LogP contribution < -0.4 is 10.6 Å². The molecule has 0 spiro atoms. The Morgan fingerprint density at radius 3 is 2.67 bits per heavy atom. The predicted octanol–water partition coefficient (Wildman–Crippen LogP) is 2.27. The molecule has 0 radical (unpaired) electrons. The molecule has 0 aliphatic carbocycles. The summed E-state index contributed by atoms with van der Waals surface area (Å²) < 4.78 is 1.65. The summed E-state index contributed by atoms with van der Waals surface area (Å²) in [5.74, 6) is 0.665. The van der Waals surface area contributed by atoms with Crippen LogP contribution in [0.5, 0.6) is 0 Å². The van der Waals surface area contributed by atoms with Crippen LogP contribution in [0.1, 0.15) is 12.0 Å². The van der Waals surface area contributed by atoms with Crippen molar-refractivity contribution in [3.8, 4) is 5.69 Å². The van der Waals surface area contributed by atoms with Crippen LogP contribution in [0.25, 0.3) is 16.6 Å². The van der Waals surface area contributed by atoms with Crippen molar-refractivity contribution >= 4 is 16.7 Å². The van der Waals surface area contributed by atoms with Gasteiger partial charge in [0.05, 0.1) is 17.3 Å². The van der Waals surface area contributed by atoms with E-state index in [0.717, 1.165) is 22.2 Å². The number of anilines is 1. The fraction of sp³-hybridized carbons (Fsp3) is 0.263. The highest BCUT2D eigenvalue weighted by molar-refractivity contribution is 5.91. The van der Waals surface area contributed by atoms with Gasteiger partial charge in [-0.15, -0.1) is 0 Å². The third-order valence-electron chi connectivity index (χ3n) is 4.51. The Morgan fingerprint density at radius 2 is 1.96 bits per heavy atom. The van der Waals surface area contributed by atoms with Gasteiger partial charge in [-0.1, -0.05) is 24.3 Å². The maximum absolute atomic E-state index is 12.8. The van der Waals surface area contributed by atoms with Crippen molar-refractivity contribution in [2.24, 2.45) is 0 Å². The fourth-order valence-corrected chi connectivity index (χ4v) is 3.32. The van der Waals surface area contributed by atoms with Gasteiger partial charge in [-0.2, -0.15) is 4.98 Å². The number of β-amino-alcohol motifs (C(OH)–C–C–N with tert-alkyl or cyclic N) is 1. The molecule has 1 atom stereocenters. The molecule has 5 heteroatoms. The molecule has 3 aromatic rings. The van der Waals surface area contributed by atoms with E-state index < -0.39 is 0 Å².